The molecule has 0 aromatic heterocycles. The molecule has 390 valence electrons. The summed E-state index contributed by atoms with van der Waals surface area (Å²) in [6, 6.07) is 0. The number of ether oxygens (including phenoxy) is 2. The van der Waals surface area contributed by atoms with E-state index in [0.29, 0.717) is 24.1 Å². The molecule has 2 atom stereocenters. The lowest BCUT2D eigenvalue weighted by molar-refractivity contribution is -0.870. The minimum Gasteiger partial charge on any atom is -0.457 e. The SMILES string of the molecule is CCCCCCCCCCCCCCCCCCCCCCCCCC(=O)OC(COCCCCCCCCCCCCCCCCCCCCCC)COP(=O)(O)OCC[N+](C)(C)C. The fourth-order valence-electron chi connectivity index (χ4n) is 8.73. The first-order valence-electron chi connectivity index (χ1n) is 28.8. The first-order chi connectivity index (χ1) is 31.6. The van der Waals surface area contributed by atoms with Crippen LogP contribution in [0.4, 0.5) is 0 Å². The van der Waals surface area contributed by atoms with Crippen molar-refractivity contribution in [3.8, 4) is 0 Å². The number of likely N-dealkylation sites (N-methyl/N-ethyl adjacent to an activating group) is 1. The summed E-state index contributed by atoms with van der Waals surface area (Å²) in [6.07, 6.45) is 57.3. The maximum Gasteiger partial charge on any atom is 0.472 e. The molecule has 0 fully saturated rings. The first kappa shape index (κ1) is 64.5. The van der Waals surface area contributed by atoms with Crippen molar-refractivity contribution in [1.82, 2.24) is 0 Å². The van der Waals surface area contributed by atoms with Crippen molar-refractivity contribution in [3.05, 3.63) is 0 Å². The lowest BCUT2D eigenvalue weighted by Crippen LogP contribution is -2.37. The molecule has 1 N–H and O–H groups in total. The topological polar surface area (TPSA) is 91.3 Å². The van der Waals surface area contributed by atoms with Crippen LogP contribution < -0.4 is 0 Å². The Morgan fingerprint density at radius 2 is 0.708 bits per heavy atom. The van der Waals surface area contributed by atoms with Crippen LogP contribution in [-0.2, 0) is 27.9 Å². The maximum atomic E-state index is 12.8. The normalized spacial score (nSPS) is 13.4. The van der Waals surface area contributed by atoms with Crippen LogP contribution in [0, 0.1) is 0 Å². The van der Waals surface area contributed by atoms with Gasteiger partial charge in [0.25, 0.3) is 0 Å². The number of esters is 1. The molecule has 0 aliphatic rings. The Morgan fingerprint density at radius 1 is 0.415 bits per heavy atom. The predicted molar refractivity (Wildman–Crippen MR) is 280 cm³/mol. The van der Waals surface area contributed by atoms with E-state index in [1.54, 1.807) is 0 Å². The van der Waals surface area contributed by atoms with Crippen molar-refractivity contribution in [2.24, 2.45) is 0 Å². The van der Waals surface area contributed by atoms with Gasteiger partial charge in [0.05, 0.1) is 34.4 Å². The smallest absolute Gasteiger partial charge is 0.457 e. The third-order valence-corrected chi connectivity index (χ3v) is 14.2. The largest absolute Gasteiger partial charge is 0.472 e. The molecule has 8 nitrogen and oxygen atoms in total. The fraction of sp³-hybridized carbons (Fsp3) is 0.982. The summed E-state index contributed by atoms with van der Waals surface area (Å²) < 4.78 is 35.3. The fourth-order valence-corrected chi connectivity index (χ4v) is 9.48. The van der Waals surface area contributed by atoms with Gasteiger partial charge in [-0.3, -0.25) is 13.8 Å². The molecule has 0 aromatic carbocycles. The summed E-state index contributed by atoms with van der Waals surface area (Å²) in [4.78, 5) is 23.1. The monoisotopic (exact) mass is 945 g/mol. The number of hydrogen-bond acceptors (Lipinski definition) is 6. The second kappa shape index (κ2) is 49.9. The molecule has 0 saturated carbocycles. The van der Waals surface area contributed by atoms with Crippen LogP contribution in [0.1, 0.15) is 296 Å². The number of nitrogens with zero attached hydrogens (tertiary/aromatic N) is 1. The molecule has 0 rings (SSSR count). The van der Waals surface area contributed by atoms with E-state index in [-0.39, 0.29) is 25.8 Å². The van der Waals surface area contributed by atoms with Gasteiger partial charge in [-0.25, -0.2) is 4.57 Å². The van der Waals surface area contributed by atoms with Gasteiger partial charge in [-0.2, -0.15) is 0 Å². The first-order valence-corrected chi connectivity index (χ1v) is 30.3. The Bertz CT molecular complexity index is 1010. The summed E-state index contributed by atoms with van der Waals surface area (Å²) in [5.74, 6) is -0.303. The average molecular weight is 946 g/mol. The summed E-state index contributed by atoms with van der Waals surface area (Å²) in [7, 11) is 1.69. The molecule has 9 heteroatoms. The lowest BCUT2D eigenvalue weighted by atomic mass is 10.0. The van der Waals surface area contributed by atoms with Crippen molar-refractivity contribution in [2.75, 3.05) is 54.1 Å². The molecule has 0 aliphatic carbocycles. The van der Waals surface area contributed by atoms with Gasteiger partial charge >= 0.3 is 13.8 Å². The average Bonchev–Trinajstić information content (AvgIpc) is 3.27. The van der Waals surface area contributed by atoms with Gasteiger partial charge in [0, 0.05) is 13.0 Å². The van der Waals surface area contributed by atoms with Gasteiger partial charge in [-0.05, 0) is 12.8 Å². The van der Waals surface area contributed by atoms with E-state index in [2.05, 4.69) is 13.8 Å². The van der Waals surface area contributed by atoms with Gasteiger partial charge in [0.1, 0.15) is 19.3 Å². The van der Waals surface area contributed by atoms with Crippen molar-refractivity contribution in [2.45, 2.75) is 302 Å². The Kier molecular flexibility index (Phi) is 49.5. The Hall–Kier alpha value is -0.500. The van der Waals surface area contributed by atoms with Gasteiger partial charge < -0.3 is 18.9 Å². The van der Waals surface area contributed by atoms with E-state index in [1.165, 1.54) is 244 Å². The van der Waals surface area contributed by atoms with Crippen LogP contribution in [0.15, 0.2) is 0 Å². The highest BCUT2D eigenvalue weighted by Gasteiger charge is 2.26. The van der Waals surface area contributed by atoms with Gasteiger partial charge in [0.2, 0.25) is 0 Å². The minimum atomic E-state index is -4.28. The zero-order chi connectivity index (χ0) is 47.6. The van der Waals surface area contributed by atoms with Crippen molar-refractivity contribution in [3.63, 3.8) is 0 Å². The van der Waals surface area contributed by atoms with E-state index in [1.807, 2.05) is 21.1 Å². The molecular formula is C56H115NO7P+. The number of phosphoric acid groups is 1. The second-order valence-corrected chi connectivity index (χ2v) is 22.5. The highest BCUT2D eigenvalue weighted by molar-refractivity contribution is 7.47. The predicted octanol–water partition coefficient (Wildman–Crippen LogP) is 18.0. The zero-order valence-corrected chi connectivity index (χ0v) is 45.4. The number of hydrogen-bond donors (Lipinski definition) is 1. The Balaban J connectivity index is 4.01. The van der Waals surface area contributed by atoms with Crippen molar-refractivity contribution >= 4 is 13.8 Å². The summed E-state index contributed by atoms with van der Waals surface area (Å²) in [6.45, 7) is 5.72. The third-order valence-electron chi connectivity index (χ3n) is 13.2. The molecule has 0 heterocycles. The summed E-state index contributed by atoms with van der Waals surface area (Å²) in [5.41, 5.74) is 0. The Morgan fingerprint density at radius 3 is 1.02 bits per heavy atom. The molecule has 0 bridgehead atoms. The minimum absolute atomic E-state index is 0.0945. The number of rotatable bonds is 55. The molecule has 2 unspecified atom stereocenters. The number of quaternary nitrogens is 1. The summed E-state index contributed by atoms with van der Waals surface area (Å²) in [5, 5.41) is 0. The second-order valence-electron chi connectivity index (χ2n) is 21.0. The molecule has 0 radical (unpaired) electrons. The number of unbranched alkanes of at least 4 members (excludes halogenated alkanes) is 41. The molecule has 0 amide bonds. The zero-order valence-electron chi connectivity index (χ0n) is 44.5. The van der Waals surface area contributed by atoms with E-state index in [9.17, 15) is 14.3 Å². The van der Waals surface area contributed by atoms with Gasteiger partial charge in [-0.15, -0.1) is 0 Å². The van der Waals surface area contributed by atoms with E-state index < -0.39 is 13.9 Å². The Labute approximate surface area is 406 Å². The standard InChI is InChI=1S/C56H114NO7P/c1-6-8-10-12-14-16-18-20-22-24-26-28-29-30-31-33-35-37-39-41-43-45-47-49-56(58)64-55(54-63-65(59,60)62-52-50-57(3,4)5)53-61-51-48-46-44-42-40-38-36-34-32-27-25-23-21-19-17-15-13-11-9-7-2/h55H,6-54H2,1-5H3/p+1. The molecular weight excluding hydrogens is 830 g/mol. The molecule has 0 aliphatic heterocycles. The maximum absolute atomic E-state index is 12.8. The number of carbonyl (C=O) groups is 1. The van der Waals surface area contributed by atoms with Crippen LogP contribution in [0.25, 0.3) is 0 Å². The van der Waals surface area contributed by atoms with Crippen LogP contribution in [0.5, 0.6) is 0 Å². The third kappa shape index (κ3) is 54.3. The lowest BCUT2D eigenvalue weighted by Gasteiger charge is -2.24. The molecule has 65 heavy (non-hydrogen) atoms. The molecule has 0 aromatic rings. The number of phosphoric ester groups is 1. The van der Waals surface area contributed by atoms with E-state index >= 15 is 0 Å². The van der Waals surface area contributed by atoms with Gasteiger partial charge in [0.15, 0.2) is 0 Å². The summed E-state index contributed by atoms with van der Waals surface area (Å²) >= 11 is 0. The molecule has 0 saturated heterocycles. The van der Waals surface area contributed by atoms with E-state index in [0.717, 1.165) is 32.1 Å². The molecule has 0 spiro atoms. The highest BCUT2D eigenvalue weighted by Crippen LogP contribution is 2.43. The van der Waals surface area contributed by atoms with Gasteiger partial charge in [-0.1, -0.05) is 277 Å². The van der Waals surface area contributed by atoms with Crippen molar-refractivity contribution in [1.29, 1.82) is 0 Å². The quantitative estimate of drug-likeness (QED) is 0.0281. The highest BCUT2D eigenvalue weighted by atomic mass is 31.2. The van der Waals surface area contributed by atoms with Crippen LogP contribution in [0.2, 0.25) is 0 Å². The van der Waals surface area contributed by atoms with Crippen LogP contribution >= 0.6 is 7.82 Å². The number of carbonyl (C=O) groups excluding carboxylic acids is 1. The van der Waals surface area contributed by atoms with Crippen molar-refractivity contribution < 1.29 is 37.3 Å². The van der Waals surface area contributed by atoms with E-state index in [4.69, 9.17) is 18.5 Å². The van der Waals surface area contributed by atoms with Crippen LogP contribution in [0.3, 0.4) is 0 Å². The van der Waals surface area contributed by atoms with Crippen LogP contribution in [-0.4, -0.2) is 75.6 Å².